The number of benzene rings is 2. The number of carbonyl (C=O) groups is 2. The molecule has 7 heteroatoms. The van der Waals surface area contributed by atoms with Crippen LogP contribution in [0.3, 0.4) is 0 Å². The highest BCUT2D eigenvalue weighted by Gasteiger charge is 2.14. The van der Waals surface area contributed by atoms with Crippen molar-refractivity contribution in [1.29, 1.82) is 0 Å². The molecule has 0 aliphatic rings. The fourth-order valence-electron chi connectivity index (χ4n) is 2.01. The third-order valence-corrected chi connectivity index (χ3v) is 3.65. The van der Waals surface area contributed by atoms with Gasteiger partial charge in [-0.2, -0.15) is 0 Å². The first kappa shape index (κ1) is 18.1. The molecular formula is C17H16Cl2N2O3. The SMILES string of the molecule is COC(=O)c1ccc(N[C@@H](C)C(=O)Nc2cc(Cl)cc(Cl)c2)cc1. The largest absolute Gasteiger partial charge is 0.465 e. The Labute approximate surface area is 149 Å². The molecule has 2 aromatic rings. The maximum atomic E-state index is 12.2. The van der Waals surface area contributed by atoms with Crippen LogP contribution >= 0.6 is 23.2 Å². The van der Waals surface area contributed by atoms with Gasteiger partial charge in [0.15, 0.2) is 0 Å². The van der Waals surface area contributed by atoms with Crippen LogP contribution in [0.15, 0.2) is 42.5 Å². The predicted octanol–water partition coefficient (Wildman–Crippen LogP) is 4.22. The molecule has 0 saturated heterocycles. The molecular weight excluding hydrogens is 351 g/mol. The summed E-state index contributed by atoms with van der Waals surface area (Å²) < 4.78 is 4.64. The summed E-state index contributed by atoms with van der Waals surface area (Å²) in [4.78, 5) is 23.6. The molecule has 0 aliphatic carbocycles. The number of rotatable bonds is 5. The van der Waals surface area contributed by atoms with E-state index in [1.165, 1.54) is 7.11 Å². The van der Waals surface area contributed by atoms with Crippen LogP contribution in [0.1, 0.15) is 17.3 Å². The Bertz CT molecular complexity index is 728. The zero-order valence-electron chi connectivity index (χ0n) is 13.1. The average molecular weight is 367 g/mol. The van der Waals surface area contributed by atoms with Crippen LogP contribution in [0.2, 0.25) is 10.0 Å². The first-order chi connectivity index (χ1) is 11.4. The van der Waals surface area contributed by atoms with Crippen LogP contribution in [0.25, 0.3) is 0 Å². The van der Waals surface area contributed by atoms with Gasteiger partial charge < -0.3 is 15.4 Å². The van der Waals surface area contributed by atoms with Crippen molar-refractivity contribution in [2.24, 2.45) is 0 Å². The predicted molar refractivity (Wildman–Crippen MR) is 96.0 cm³/mol. The molecule has 0 spiro atoms. The van der Waals surface area contributed by atoms with Crippen molar-refractivity contribution in [3.63, 3.8) is 0 Å². The molecule has 2 rings (SSSR count). The fraction of sp³-hybridized carbons (Fsp3) is 0.176. The van der Waals surface area contributed by atoms with E-state index in [4.69, 9.17) is 23.2 Å². The van der Waals surface area contributed by atoms with Crippen LogP contribution in [-0.4, -0.2) is 25.0 Å². The molecule has 0 heterocycles. The minimum atomic E-state index is -0.508. The number of hydrogen-bond donors (Lipinski definition) is 2. The number of carbonyl (C=O) groups excluding carboxylic acids is 2. The van der Waals surface area contributed by atoms with Crippen molar-refractivity contribution < 1.29 is 14.3 Å². The number of methoxy groups -OCH3 is 1. The number of esters is 1. The number of ether oxygens (including phenoxy) is 1. The second kappa shape index (κ2) is 8.04. The average Bonchev–Trinajstić information content (AvgIpc) is 2.53. The van der Waals surface area contributed by atoms with E-state index in [1.54, 1.807) is 49.4 Å². The van der Waals surface area contributed by atoms with E-state index in [0.29, 0.717) is 27.0 Å². The van der Waals surface area contributed by atoms with Gasteiger partial charge in [0.1, 0.15) is 6.04 Å². The summed E-state index contributed by atoms with van der Waals surface area (Å²) in [7, 11) is 1.32. The zero-order valence-corrected chi connectivity index (χ0v) is 14.6. The van der Waals surface area contributed by atoms with Crippen molar-refractivity contribution in [2.75, 3.05) is 17.7 Å². The number of hydrogen-bond acceptors (Lipinski definition) is 4. The Kier molecular flexibility index (Phi) is 6.06. The topological polar surface area (TPSA) is 67.4 Å². The Morgan fingerprint density at radius 1 is 1.00 bits per heavy atom. The van der Waals surface area contributed by atoms with Gasteiger partial charge in [0, 0.05) is 21.4 Å². The highest BCUT2D eigenvalue weighted by molar-refractivity contribution is 6.35. The Morgan fingerprint density at radius 2 is 1.58 bits per heavy atom. The lowest BCUT2D eigenvalue weighted by Crippen LogP contribution is -2.31. The van der Waals surface area contributed by atoms with Gasteiger partial charge in [-0.05, 0) is 49.4 Å². The molecule has 24 heavy (non-hydrogen) atoms. The highest BCUT2D eigenvalue weighted by Crippen LogP contribution is 2.22. The molecule has 0 unspecified atom stereocenters. The minimum absolute atomic E-state index is 0.245. The van der Waals surface area contributed by atoms with E-state index in [2.05, 4.69) is 15.4 Å². The fourth-order valence-corrected chi connectivity index (χ4v) is 2.54. The summed E-state index contributed by atoms with van der Waals surface area (Å²) in [6.07, 6.45) is 0. The molecule has 5 nitrogen and oxygen atoms in total. The normalized spacial score (nSPS) is 11.5. The molecule has 0 bridgehead atoms. The molecule has 0 aliphatic heterocycles. The van der Waals surface area contributed by atoms with Crippen molar-refractivity contribution >= 4 is 46.5 Å². The van der Waals surface area contributed by atoms with Gasteiger partial charge in [-0.15, -0.1) is 0 Å². The minimum Gasteiger partial charge on any atom is -0.465 e. The summed E-state index contributed by atoms with van der Waals surface area (Å²) in [5, 5.41) is 6.67. The van der Waals surface area contributed by atoms with Gasteiger partial charge >= 0.3 is 5.97 Å². The van der Waals surface area contributed by atoms with E-state index in [1.807, 2.05) is 0 Å². The number of amides is 1. The first-order valence-corrected chi connectivity index (χ1v) is 7.86. The molecule has 0 saturated carbocycles. The van der Waals surface area contributed by atoms with E-state index >= 15 is 0 Å². The van der Waals surface area contributed by atoms with Gasteiger partial charge in [0.2, 0.25) is 5.91 Å². The third kappa shape index (κ3) is 4.88. The summed E-state index contributed by atoms with van der Waals surface area (Å²) in [5.41, 5.74) is 1.66. The lowest BCUT2D eigenvalue weighted by atomic mass is 10.2. The van der Waals surface area contributed by atoms with E-state index in [9.17, 15) is 9.59 Å². The quantitative estimate of drug-likeness (QED) is 0.777. The highest BCUT2D eigenvalue weighted by atomic mass is 35.5. The molecule has 0 aromatic heterocycles. The third-order valence-electron chi connectivity index (χ3n) is 3.21. The molecule has 1 amide bonds. The van der Waals surface area contributed by atoms with E-state index in [0.717, 1.165) is 0 Å². The Morgan fingerprint density at radius 3 is 2.12 bits per heavy atom. The molecule has 2 aromatic carbocycles. The van der Waals surface area contributed by atoms with Crippen LogP contribution in [-0.2, 0) is 9.53 Å². The van der Waals surface area contributed by atoms with E-state index in [-0.39, 0.29) is 5.91 Å². The summed E-state index contributed by atoms with van der Waals surface area (Å²) in [6.45, 7) is 1.72. The summed E-state index contributed by atoms with van der Waals surface area (Å²) in [5.74, 6) is -0.657. The molecule has 0 fully saturated rings. The van der Waals surface area contributed by atoms with Crippen LogP contribution in [0, 0.1) is 0 Å². The second-order valence-corrected chi connectivity index (χ2v) is 5.96. The van der Waals surface area contributed by atoms with Crippen LogP contribution in [0.4, 0.5) is 11.4 Å². The van der Waals surface area contributed by atoms with Crippen molar-refractivity contribution in [3.05, 3.63) is 58.1 Å². The Balaban J connectivity index is 1.99. The summed E-state index contributed by atoms with van der Waals surface area (Å²) in [6, 6.07) is 11.0. The van der Waals surface area contributed by atoms with Crippen LogP contribution in [0.5, 0.6) is 0 Å². The van der Waals surface area contributed by atoms with E-state index < -0.39 is 12.0 Å². The second-order valence-electron chi connectivity index (χ2n) is 5.08. The smallest absolute Gasteiger partial charge is 0.337 e. The standard InChI is InChI=1S/C17H16Cl2N2O3/c1-10(16(22)21-15-8-12(18)7-13(19)9-15)20-14-5-3-11(4-6-14)17(23)24-2/h3-10,20H,1-2H3,(H,21,22)/t10-/m0/s1. The monoisotopic (exact) mass is 366 g/mol. The molecule has 2 N–H and O–H groups in total. The lowest BCUT2D eigenvalue weighted by molar-refractivity contribution is -0.116. The Hall–Kier alpha value is -2.24. The lowest BCUT2D eigenvalue weighted by Gasteiger charge is -2.16. The zero-order chi connectivity index (χ0) is 17.7. The number of nitrogens with one attached hydrogen (secondary N) is 2. The molecule has 0 radical (unpaired) electrons. The molecule has 1 atom stereocenters. The maximum absolute atomic E-state index is 12.2. The maximum Gasteiger partial charge on any atom is 0.337 e. The van der Waals surface area contributed by atoms with Gasteiger partial charge in [-0.25, -0.2) is 4.79 Å². The first-order valence-electron chi connectivity index (χ1n) is 7.11. The van der Waals surface area contributed by atoms with Crippen LogP contribution < -0.4 is 10.6 Å². The van der Waals surface area contributed by atoms with Crippen molar-refractivity contribution in [1.82, 2.24) is 0 Å². The molecule has 126 valence electrons. The summed E-state index contributed by atoms with van der Waals surface area (Å²) >= 11 is 11.8. The van der Waals surface area contributed by atoms with Crippen molar-refractivity contribution in [3.8, 4) is 0 Å². The number of halogens is 2. The van der Waals surface area contributed by atoms with Gasteiger partial charge in [0.25, 0.3) is 0 Å². The van der Waals surface area contributed by atoms with Gasteiger partial charge in [-0.1, -0.05) is 23.2 Å². The van der Waals surface area contributed by atoms with Crippen molar-refractivity contribution in [2.45, 2.75) is 13.0 Å². The van der Waals surface area contributed by atoms with Gasteiger partial charge in [-0.3, -0.25) is 4.79 Å². The van der Waals surface area contributed by atoms with Gasteiger partial charge in [0.05, 0.1) is 12.7 Å². The number of anilines is 2.